The molecular formula is C17H22O5. The predicted molar refractivity (Wildman–Crippen MR) is 80.8 cm³/mol. The largest absolute Gasteiger partial charge is 0.458 e. The molecule has 0 aromatic heterocycles. The van der Waals surface area contributed by atoms with Crippen LogP contribution in [0.1, 0.15) is 33.1 Å². The summed E-state index contributed by atoms with van der Waals surface area (Å²) in [7, 11) is 0. The standard InChI is InChI=1S/C17H22O5/c1-9-5-13(21-12(4)18)7-10(2)15(19)8-14-11(3)17(20)22-16(14)6-9/h5,13-16,19H,2-3,6-8H2,1,4H3/b9-5+/t13-,14+,15-,16-/m0/s1. The number of rotatable bonds is 1. The van der Waals surface area contributed by atoms with Gasteiger partial charge in [0.25, 0.3) is 0 Å². The molecule has 1 heterocycles. The Labute approximate surface area is 130 Å². The fraction of sp³-hybridized carbons (Fsp3) is 0.529. The van der Waals surface area contributed by atoms with E-state index in [-0.39, 0.29) is 18.0 Å². The number of aliphatic hydroxyl groups is 1. The number of carbonyl (C=O) groups excluding carboxylic acids is 2. The molecule has 1 fully saturated rings. The summed E-state index contributed by atoms with van der Waals surface area (Å²) >= 11 is 0. The normalized spacial score (nSPS) is 35.2. The second kappa shape index (κ2) is 6.48. The van der Waals surface area contributed by atoms with Gasteiger partial charge >= 0.3 is 11.9 Å². The van der Waals surface area contributed by atoms with Crippen LogP contribution >= 0.6 is 0 Å². The van der Waals surface area contributed by atoms with Gasteiger partial charge in [-0.25, -0.2) is 4.79 Å². The SMILES string of the molecule is C=C1C(=O)O[C@H]2C/C(C)=C/[C@H](OC(C)=O)CC(=C)[C@@H](O)C[C@H]12. The van der Waals surface area contributed by atoms with Gasteiger partial charge in [0.1, 0.15) is 12.2 Å². The number of fused-ring (bicyclic) bond motifs is 1. The van der Waals surface area contributed by atoms with Gasteiger partial charge in [0.2, 0.25) is 0 Å². The molecule has 4 atom stereocenters. The Balaban J connectivity index is 2.28. The van der Waals surface area contributed by atoms with Crippen LogP contribution in [0.15, 0.2) is 36.0 Å². The maximum absolute atomic E-state index is 11.7. The van der Waals surface area contributed by atoms with E-state index in [2.05, 4.69) is 13.2 Å². The number of aliphatic hydroxyl groups excluding tert-OH is 1. The highest BCUT2D eigenvalue weighted by atomic mass is 16.6. The van der Waals surface area contributed by atoms with Gasteiger partial charge in [-0.05, 0) is 25.0 Å². The lowest BCUT2D eigenvalue weighted by atomic mass is 9.84. The van der Waals surface area contributed by atoms with Crippen LogP contribution in [0.3, 0.4) is 0 Å². The zero-order chi connectivity index (χ0) is 16.4. The highest BCUT2D eigenvalue weighted by molar-refractivity contribution is 5.90. The topological polar surface area (TPSA) is 72.8 Å². The minimum atomic E-state index is -0.788. The fourth-order valence-corrected chi connectivity index (χ4v) is 3.00. The van der Waals surface area contributed by atoms with Gasteiger partial charge < -0.3 is 14.6 Å². The van der Waals surface area contributed by atoms with Gasteiger partial charge in [-0.2, -0.15) is 0 Å². The van der Waals surface area contributed by atoms with E-state index in [0.717, 1.165) is 5.57 Å². The van der Waals surface area contributed by atoms with Gasteiger partial charge in [-0.3, -0.25) is 4.79 Å². The number of hydrogen-bond donors (Lipinski definition) is 1. The molecule has 1 saturated heterocycles. The van der Waals surface area contributed by atoms with Gasteiger partial charge in [0.15, 0.2) is 0 Å². The minimum Gasteiger partial charge on any atom is -0.458 e. The zero-order valence-corrected chi connectivity index (χ0v) is 13.0. The summed E-state index contributed by atoms with van der Waals surface area (Å²) in [5.41, 5.74) is 1.94. The highest BCUT2D eigenvalue weighted by Crippen LogP contribution is 2.36. The van der Waals surface area contributed by atoms with E-state index in [0.29, 0.717) is 30.4 Å². The summed E-state index contributed by atoms with van der Waals surface area (Å²) < 4.78 is 10.6. The summed E-state index contributed by atoms with van der Waals surface area (Å²) in [6, 6.07) is 0. The third-order valence-corrected chi connectivity index (χ3v) is 4.14. The van der Waals surface area contributed by atoms with Crippen LogP contribution in [0.5, 0.6) is 0 Å². The van der Waals surface area contributed by atoms with E-state index in [1.807, 2.05) is 13.0 Å². The smallest absolute Gasteiger partial charge is 0.334 e. The van der Waals surface area contributed by atoms with Gasteiger partial charge in [0.05, 0.1) is 6.10 Å². The first kappa shape index (κ1) is 16.5. The van der Waals surface area contributed by atoms with E-state index in [4.69, 9.17) is 9.47 Å². The van der Waals surface area contributed by atoms with Crippen molar-refractivity contribution < 1.29 is 24.2 Å². The molecule has 2 rings (SSSR count). The second-order valence-electron chi connectivity index (χ2n) is 6.05. The summed E-state index contributed by atoms with van der Waals surface area (Å²) in [5.74, 6) is -1.00. The Morgan fingerprint density at radius 3 is 2.73 bits per heavy atom. The predicted octanol–water partition coefficient (Wildman–Crippen LogP) is 2.06. The van der Waals surface area contributed by atoms with Crippen molar-refractivity contribution in [1.82, 2.24) is 0 Å². The molecule has 5 heteroatoms. The molecule has 5 nitrogen and oxygen atoms in total. The molecule has 0 radical (unpaired) electrons. The molecule has 2 aliphatic rings. The molecule has 0 amide bonds. The van der Waals surface area contributed by atoms with Crippen molar-refractivity contribution in [2.24, 2.45) is 5.92 Å². The zero-order valence-electron chi connectivity index (χ0n) is 13.0. The van der Waals surface area contributed by atoms with Crippen LogP contribution in [0.4, 0.5) is 0 Å². The molecule has 120 valence electrons. The van der Waals surface area contributed by atoms with Crippen molar-refractivity contribution in [3.8, 4) is 0 Å². The lowest BCUT2D eigenvalue weighted by molar-refractivity contribution is -0.144. The molecule has 22 heavy (non-hydrogen) atoms. The van der Waals surface area contributed by atoms with Crippen molar-refractivity contribution in [1.29, 1.82) is 0 Å². The third kappa shape index (κ3) is 3.65. The van der Waals surface area contributed by atoms with E-state index in [1.54, 1.807) is 0 Å². The van der Waals surface area contributed by atoms with Gasteiger partial charge in [-0.1, -0.05) is 18.7 Å². The lowest BCUT2D eigenvalue weighted by Gasteiger charge is -2.26. The van der Waals surface area contributed by atoms with Crippen LogP contribution < -0.4 is 0 Å². The van der Waals surface area contributed by atoms with E-state index >= 15 is 0 Å². The van der Waals surface area contributed by atoms with Gasteiger partial charge in [-0.15, -0.1) is 0 Å². The Morgan fingerprint density at radius 2 is 2.09 bits per heavy atom. The number of esters is 2. The summed E-state index contributed by atoms with van der Waals surface area (Å²) in [6.45, 7) is 10.9. The molecule has 1 N–H and O–H groups in total. The quantitative estimate of drug-likeness (QED) is 0.456. The monoisotopic (exact) mass is 306 g/mol. The number of carbonyl (C=O) groups is 2. The third-order valence-electron chi connectivity index (χ3n) is 4.14. The molecule has 0 unspecified atom stereocenters. The highest BCUT2D eigenvalue weighted by Gasteiger charge is 2.40. The minimum absolute atomic E-state index is 0.215. The Morgan fingerprint density at radius 1 is 1.41 bits per heavy atom. The molecule has 0 aromatic rings. The molecular weight excluding hydrogens is 284 g/mol. The Hall–Kier alpha value is -1.88. The maximum atomic E-state index is 11.7. The Kier molecular flexibility index (Phi) is 4.86. The van der Waals surface area contributed by atoms with Crippen LogP contribution in [0, 0.1) is 5.92 Å². The molecule has 1 aliphatic carbocycles. The van der Waals surface area contributed by atoms with Crippen LogP contribution in [-0.4, -0.2) is 35.4 Å². The first-order valence-electron chi connectivity index (χ1n) is 7.38. The molecule has 0 spiro atoms. The first-order chi connectivity index (χ1) is 10.3. The maximum Gasteiger partial charge on any atom is 0.334 e. The molecule has 1 aliphatic heterocycles. The average Bonchev–Trinajstić information content (AvgIpc) is 2.64. The van der Waals surface area contributed by atoms with Crippen LogP contribution in [0.2, 0.25) is 0 Å². The first-order valence-corrected chi connectivity index (χ1v) is 7.38. The van der Waals surface area contributed by atoms with E-state index in [9.17, 15) is 14.7 Å². The number of ether oxygens (including phenoxy) is 2. The fourth-order valence-electron chi connectivity index (χ4n) is 3.00. The lowest BCUT2D eigenvalue weighted by Crippen LogP contribution is -2.27. The molecule has 0 saturated carbocycles. The van der Waals surface area contributed by atoms with Crippen molar-refractivity contribution in [2.75, 3.05) is 0 Å². The van der Waals surface area contributed by atoms with E-state index in [1.165, 1.54) is 6.92 Å². The molecule has 0 bridgehead atoms. The van der Waals surface area contributed by atoms with Crippen LogP contribution in [0.25, 0.3) is 0 Å². The molecule has 0 aromatic carbocycles. The van der Waals surface area contributed by atoms with Crippen molar-refractivity contribution >= 4 is 11.9 Å². The summed E-state index contributed by atoms with van der Waals surface area (Å²) in [5, 5.41) is 10.3. The summed E-state index contributed by atoms with van der Waals surface area (Å²) in [6.07, 6.45) is 1.48. The second-order valence-corrected chi connectivity index (χ2v) is 6.05. The summed E-state index contributed by atoms with van der Waals surface area (Å²) in [4.78, 5) is 22.9. The van der Waals surface area contributed by atoms with Gasteiger partial charge in [0, 0.05) is 31.3 Å². The average molecular weight is 306 g/mol. The Bertz CT molecular complexity index is 545. The van der Waals surface area contributed by atoms with Crippen molar-refractivity contribution in [3.05, 3.63) is 36.0 Å². The van der Waals surface area contributed by atoms with Crippen LogP contribution in [-0.2, 0) is 19.1 Å². The van der Waals surface area contributed by atoms with Crippen molar-refractivity contribution in [3.63, 3.8) is 0 Å². The van der Waals surface area contributed by atoms with E-state index < -0.39 is 18.2 Å². The van der Waals surface area contributed by atoms with Crippen molar-refractivity contribution in [2.45, 2.75) is 51.4 Å². The number of hydrogen-bond acceptors (Lipinski definition) is 5.